The number of hydrogen-bond acceptors (Lipinski definition) is 2. The number of nitrogens with zero attached hydrogens (tertiary/aromatic N) is 1. The number of aromatic carboxylic acids is 1. The highest BCUT2D eigenvalue weighted by Crippen LogP contribution is 2.44. The van der Waals surface area contributed by atoms with E-state index in [1.165, 1.54) is 24.8 Å². The number of carboxylic acids is 1. The molecule has 1 amide bonds. The standard InChI is InChI=1S/C26H26N2O3/c1-2-15-27-23(29)17-28-22-16-20(26(30)31)13-14-21(22)24(18-9-5-3-6-10-18)25(28)19-11-7-4-8-12-19/h1,4,7-8,11-14,16,18H,3,5-6,9-10,15,17H2,(H,27,29)(H,30,31). The van der Waals surface area contributed by atoms with E-state index in [-0.39, 0.29) is 24.6 Å². The molecule has 0 bridgehead atoms. The number of fused-ring (bicyclic) bond motifs is 1. The van der Waals surface area contributed by atoms with Crippen molar-refractivity contribution in [1.82, 2.24) is 9.88 Å². The van der Waals surface area contributed by atoms with Gasteiger partial charge in [0.1, 0.15) is 6.54 Å². The molecule has 3 aromatic rings. The zero-order chi connectivity index (χ0) is 21.8. The number of carbonyl (C=O) groups excluding carboxylic acids is 1. The van der Waals surface area contributed by atoms with Crippen molar-refractivity contribution in [2.24, 2.45) is 0 Å². The zero-order valence-electron chi connectivity index (χ0n) is 17.4. The van der Waals surface area contributed by atoms with Gasteiger partial charge in [-0.15, -0.1) is 6.42 Å². The minimum absolute atomic E-state index is 0.0815. The summed E-state index contributed by atoms with van der Waals surface area (Å²) < 4.78 is 1.97. The van der Waals surface area contributed by atoms with Crippen LogP contribution < -0.4 is 5.32 Å². The third-order valence-electron chi connectivity index (χ3n) is 6.10. The van der Waals surface area contributed by atoms with Crippen LogP contribution in [0.1, 0.15) is 53.9 Å². The lowest BCUT2D eigenvalue weighted by molar-refractivity contribution is -0.121. The Hall–Kier alpha value is -3.52. The fraction of sp³-hybridized carbons (Fsp3) is 0.308. The molecular weight excluding hydrogens is 388 g/mol. The molecule has 0 aliphatic heterocycles. The van der Waals surface area contributed by atoms with Gasteiger partial charge in [0.25, 0.3) is 0 Å². The molecule has 0 saturated heterocycles. The Morgan fingerprint density at radius 2 is 1.84 bits per heavy atom. The predicted octanol–water partition coefficient (Wildman–Crippen LogP) is 4.80. The van der Waals surface area contributed by atoms with Crippen LogP contribution in [0.3, 0.4) is 0 Å². The number of aromatic nitrogens is 1. The van der Waals surface area contributed by atoms with E-state index in [2.05, 4.69) is 23.4 Å². The van der Waals surface area contributed by atoms with E-state index in [0.29, 0.717) is 5.92 Å². The molecule has 1 saturated carbocycles. The molecule has 31 heavy (non-hydrogen) atoms. The second-order valence-corrected chi connectivity index (χ2v) is 8.07. The summed E-state index contributed by atoms with van der Waals surface area (Å²) in [6, 6.07) is 15.3. The van der Waals surface area contributed by atoms with Gasteiger partial charge in [-0.1, -0.05) is 61.6 Å². The number of carbonyl (C=O) groups is 2. The fourth-order valence-corrected chi connectivity index (χ4v) is 4.73. The minimum Gasteiger partial charge on any atom is -0.478 e. The Morgan fingerprint density at radius 3 is 2.52 bits per heavy atom. The van der Waals surface area contributed by atoms with Gasteiger partial charge in [0, 0.05) is 5.39 Å². The van der Waals surface area contributed by atoms with Crippen LogP contribution in [-0.2, 0) is 11.3 Å². The maximum atomic E-state index is 12.7. The smallest absolute Gasteiger partial charge is 0.335 e. The van der Waals surface area contributed by atoms with Crippen LogP contribution in [0.4, 0.5) is 0 Å². The van der Waals surface area contributed by atoms with Gasteiger partial charge < -0.3 is 15.0 Å². The van der Waals surface area contributed by atoms with Crippen molar-refractivity contribution < 1.29 is 14.7 Å². The highest BCUT2D eigenvalue weighted by atomic mass is 16.4. The number of terminal acetylenes is 1. The Labute approximate surface area is 182 Å². The van der Waals surface area contributed by atoms with Crippen LogP contribution in [0.2, 0.25) is 0 Å². The average molecular weight is 415 g/mol. The summed E-state index contributed by atoms with van der Waals surface area (Å²) in [6.07, 6.45) is 11.1. The largest absolute Gasteiger partial charge is 0.478 e. The van der Waals surface area contributed by atoms with Crippen molar-refractivity contribution in [2.45, 2.75) is 44.6 Å². The van der Waals surface area contributed by atoms with Crippen molar-refractivity contribution in [3.05, 3.63) is 59.7 Å². The van der Waals surface area contributed by atoms with Crippen molar-refractivity contribution in [3.63, 3.8) is 0 Å². The van der Waals surface area contributed by atoms with Crippen LogP contribution in [0, 0.1) is 12.3 Å². The van der Waals surface area contributed by atoms with Gasteiger partial charge >= 0.3 is 5.97 Å². The van der Waals surface area contributed by atoms with E-state index >= 15 is 0 Å². The molecule has 0 atom stereocenters. The van der Waals surface area contributed by atoms with Gasteiger partial charge in [-0.25, -0.2) is 4.79 Å². The quantitative estimate of drug-likeness (QED) is 0.569. The van der Waals surface area contributed by atoms with E-state index in [1.54, 1.807) is 12.1 Å². The number of benzene rings is 2. The first-order chi connectivity index (χ1) is 15.1. The number of carboxylic acid groups (broad SMARTS) is 1. The predicted molar refractivity (Wildman–Crippen MR) is 122 cm³/mol. The molecule has 0 radical (unpaired) electrons. The van der Waals surface area contributed by atoms with Crippen molar-refractivity contribution in [3.8, 4) is 23.6 Å². The van der Waals surface area contributed by atoms with E-state index in [1.807, 2.05) is 28.8 Å². The maximum Gasteiger partial charge on any atom is 0.335 e. The molecule has 2 N–H and O–H groups in total. The third kappa shape index (κ3) is 4.20. The van der Waals surface area contributed by atoms with Gasteiger partial charge in [-0.2, -0.15) is 0 Å². The topological polar surface area (TPSA) is 71.3 Å². The van der Waals surface area contributed by atoms with E-state index in [4.69, 9.17) is 6.42 Å². The summed E-state index contributed by atoms with van der Waals surface area (Å²) in [7, 11) is 0. The molecule has 2 aromatic carbocycles. The molecule has 158 valence electrons. The third-order valence-corrected chi connectivity index (χ3v) is 6.10. The van der Waals surface area contributed by atoms with Crippen molar-refractivity contribution >= 4 is 22.8 Å². The Kier molecular flexibility index (Phi) is 6.08. The molecule has 1 heterocycles. The Balaban J connectivity index is 1.97. The number of hydrogen-bond donors (Lipinski definition) is 2. The Bertz CT molecular complexity index is 1150. The molecule has 0 spiro atoms. The van der Waals surface area contributed by atoms with Gasteiger partial charge in [-0.05, 0) is 42.0 Å². The van der Waals surface area contributed by atoms with Gasteiger partial charge in [-0.3, -0.25) is 4.79 Å². The molecule has 1 aromatic heterocycles. The van der Waals surface area contributed by atoms with Gasteiger partial charge in [0.2, 0.25) is 5.91 Å². The molecule has 0 unspecified atom stereocenters. The van der Waals surface area contributed by atoms with Crippen LogP contribution in [0.15, 0.2) is 48.5 Å². The monoisotopic (exact) mass is 414 g/mol. The average Bonchev–Trinajstić information content (AvgIpc) is 3.12. The molecule has 4 rings (SSSR count). The number of nitrogens with one attached hydrogen (secondary N) is 1. The molecule has 1 fully saturated rings. The molecule has 1 aliphatic rings. The Morgan fingerprint density at radius 1 is 1.10 bits per heavy atom. The van der Waals surface area contributed by atoms with E-state index in [0.717, 1.165) is 35.0 Å². The summed E-state index contributed by atoms with van der Waals surface area (Å²) in [5.74, 6) is 1.64. The van der Waals surface area contributed by atoms with E-state index in [9.17, 15) is 14.7 Å². The zero-order valence-corrected chi connectivity index (χ0v) is 17.4. The summed E-state index contributed by atoms with van der Waals surface area (Å²) in [6.45, 7) is 0.243. The highest BCUT2D eigenvalue weighted by molar-refractivity contribution is 5.99. The lowest BCUT2D eigenvalue weighted by Gasteiger charge is -2.23. The summed E-state index contributed by atoms with van der Waals surface area (Å²) in [5.41, 5.74) is 4.24. The normalized spacial score (nSPS) is 14.3. The van der Waals surface area contributed by atoms with Crippen molar-refractivity contribution in [1.29, 1.82) is 0 Å². The highest BCUT2D eigenvalue weighted by Gasteiger charge is 2.27. The van der Waals surface area contributed by atoms with Crippen LogP contribution in [0.25, 0.3) is 22.2 Å². The fourth-order valence-electron chi connectivity index (χ4n) is 4.73. The molecular formula is C26H26N2O3. The lowest BCUT2D eigenvalue weighted by Crippen LogP contribution is -2.28. The van der Waals surface area contributed by atoms with Crippen LogP contribution >= 0.6 is 0 Å². The number of amides is 1. The van der Waals surface area contributed by atoms with Gasteiger partial charge in [0.15, 0.2) is 0 Å². The summed E-state index contributed by atoms with van der Waals surface area (Å²) in [4.78, 5) is 24.3. The van der Waals surface area contributed by atoms with Crippen LogP contribution in [0.5, 0.6) is 0 Å². The second kappa shape index (κ2) is 9.09. The summed E-state index contributed by atoms with van der Waals surface area (Å²) >= 11 is 0. The minimum atomic E-state index is -0.980. The maximum absolute atomic E-state index is 12.7. The first-order valence-corrected chi connectivity index (χ1v) is 10.7. The van der Waals surface area contributed by atoms with Crippen molar-refractivity contribution in [2.75, 3.05) is 6.54 Å². The molecule has 1 aliphatic carbocycles. The molecule has 5 nitrogen and oxygen atoms in total. The number of rotatable bonds is 6. The first kappa shape index (κ1) is 20.7. The first-order valence-electron chi connectivity index (χ1n) is 10.7. The van der Waals surface area contributed by atoms with E-state index < -0.39 is 5.97 Å². The van der Waals surface area contributed by atoms with Gasteiger partial charge in [0.05, 0.1) is 23.3 Å². The lowest BCUT2D eigenvalue weighted by atomic mass is 9.82. The SMILES string of the molecule is C#CCNC(=O)Cn1c(-c2ccccc2)c(C2CCCCC2)c2ccc(C(=O)O)cc21. The van der Waals surface area contributed by atoms with Crippen LogP contribution in [-0.4, -0.2) is 28.1 Å². The second-order valence-electron chi connectivity index (χ2n) is 8.07. The molecule has 5 heteroatoms. The summed E-state index contributed by atoms with van der Waals surface area (Å²) in [5, 5.41) is 13.3.